The molecule has 1 amide bonds. The zero-order valence-electron chi connectivity index (χ0n) is 20.5. The third-order valence-corrected chi connectivity index (χ3v) is 7.55. The van der Waals surface area contributed by atoms with E-state index in [1.54, 1.807) is 6.26 Å². The summed E-state index contributed by atoms with van der Waals surface area (Å²) in [4.78, 5) is 15.7. The van der Waals surface area contributed by atoms with E-state index in [1.165, 1.54) is 11.1 Å². The molecule has 2 N–H and O–H groups in total. The Labute approximate surface area is 214 Å². The van der Waals surface area contributed by atoms with Crippen LogP contribution >= 0.6 is 0 Å². The van der Waals surface area contributed by atoms with Crippen LogP contribution in [0.5, 0.6) is 5.75 Å². The molecule has 5 aromatic rings. The molecule has 1 atom stereocenters. The van der Waals surface area contributed by atoms with E-state index in [0.717, 1.165) is 84.4 Å². The number of aromatic nitrogens is 2. The Hall–Kier alpha value is -4.10. The zero-order valence-corrected chi connectivity index (χ0v) is 20.5. The third kappa shape index (κ3) is 4.25. The van der Waals surface area contributed by atoms with Crippen molar-refractivity contribution in [2.75, 3.05) is 19.7 Å². The lowest BCUT2D eigenvalue weighted by atomic mass is 10.0. The molecule has 2 aromatic heterocycles. The molecule has 0 bridgehead atoms. The third-order valence-electron chi connectivity index (χ3n) is 7.55. The van der Waals surface area contributed by atoms with Crippen molar-refractivity contribution in [3.8, 4) is 17.0 Å². The van der Waals surface area contributed by atoms with Gasteiger partial charge in [0.2, 0.25) is 0 Å². The summed E-state index contributed by atoms with van der Waals surface area (Å²) in [6, 6.07) is 20.4. The molecule has 7 rings (SSSR count). The Bertz CT molecular complexity index is 1620. The minimum absolute atomic E-state index is 0.0388. The van der Waals surface area contributed by atoms with Gasteiger partial charge in [0.1, 0.15) is 11.3 Å². The van der Waals surface area contributed by atoms with Crippen LogP contribution in [0.25, 0.3) is 33.1 Å². The van der Waals surface area contributed by atoms with Crippen molar-refractivity contribution in [1.29, 1.82) is 0 Å². The zero-order chi connectivity index (χ0) is 24.8. The molecule has 7 heteroatoms. The van der Waals surface area contributed by atoms with Crippen LogP contribution in [-0.4, -0.2) is 46.7 Å². The summed E-state index contributed by atoms with van der Waals surface area (Å²) in [5.74, 6) is 0.912. The summed E-state index contributed by atoms with van der Waals surface area (Å²) in [6.07, 6.45) is 4.69. The SMILES string of the molecule is O=C(N[C@@H]1CCCN(Cc2ccc3occc3c2)C1)c1ccc2[nH]nc(-c3ccc4c(c3)CCO4)c2c1. The lowest BCUT2D eigenvalue weighted by Gasteiger charge is -2.33. The molecule has 0 radical (unpaired) electrons. The molecule has 37 heavy (non-hydrogen) atoms. The number of benzene rings is 3. The van der Waals surface area contributed by atoms with Crippen molar-refractivity contribution < 1.29 is 13.9 Å². The number of nitrogens with zero attached hydrogens (tertiary/aromatic N) is 2. The quantitative estimate of drug-likeness (QED) is 0.348. The number of ether oxygens (including phenoxy) is 1. The Kier molecular flexibility index (Phi) is 5.43. The van der Waals surface area contributed by atoms with Crippen molar-refractivity contribution in [3.05, 3.63) is 83.6 Å². The van der Waals surface area contributed by atoms with Crippen LogP contribution in [0.2, 0.25) is 0 Å². The van der Waals surface area contributed by atoms with Gasteiger partial charge in [-0.05, 0) is 85.1 Å². The number of nitrogens with one attached hydrogen (secondary N) is 2. The van der Waals surface area contributed by atoms with E-state index in [9.17, 15) is 4.79 Å². The summed E-state index contributed by atoms with van der Waals surface area (Å²) in [7, 11) is 0. The van der Waals surface area contributed by atoms with Crippen LogP contribution in [0.4, 0.5) is 0 Å². The van der Waals surface area contributed by atoms with E-state index in [2.05, 4.69) is 38.6 Å². The van der Waals surface area contributed by atoms with Gasteiger partial charge in [-0.2, -0.15) is 5.10 Å². The van der Waals surface area contributed by atoms with Gasteiger partial charge < -0.3 is 14.5 Å². The number of aromatic amines is 1. The lowest BCUT2D eigenvalue weighted by Crippen LogP contribution is -2.47. The fourth-order valence-corrected chi connectivity index (χ4v) is 5.67. The number of hydrogen-bond donors (Lipinski definition) is 2. The molecule has 0 saturated carbocycles. The number of amides is 1. The molecule has 0 spiro atoms. The highest BCUT2D eigenvalue weighted by molar-refractivity contribution is 6.01. The smallest absolute Gasteiger partial charge is 0.251 e. The molecule has 2 aliphatic rings. The number of piperidine rings is 1. The summed E-state index contributed by atoms with van der Waals surface area (Å²) < 4.78 is 11.1. The summed E-state index contributed by atoms with van der Waals surface area (Å²) in [5.41, 5.74) is 6.84. The normalized spacial score (nSPS) is 17.7. The molecule has 1 saturated heterocycles. The largest absolute Gasteiger partial charge is 0.493 e. The molecule has 186 valence electrons. The summed E-state index contributed by atoms with van der Waals surface area (Å²) >= 11 is 0. The maximum absolute atomic E-state index is 13.3. The number of rotatable bonds is 5. The summed E-state index contributed by atoms with van der Waals surface area (Å²) in [6.45, 7) is 3.46. The van der Waals surface area contributed by atoms with Gasteiger partial charge in [-0.1, -0.05) is 6.07 Å². The van der Waals surface area contributed by atoms with Crippen molar-refractivity contribution in [1.82, 2.24) is 20.4 Å². The predicted molar refractivity (Wildman–Crippen MR) is 143 cm³/mol. The van der Waals surface area contributed by atoms with Crippen LogP contribution in [0, 0.1) is 0 Å². The first-order valence-electron chi connectivity index (χ1n) is 12.9. The molecule has 7 nitrogen and oxygen atoms in total. The highest BCUT2D eigenvalue weighted by Gasteiger charge is 2.23. The van der Waals surface area contributed by atoms with E-state index < -0.39 is 0 Å². The van der Waals surface area contributed by atoms with Crippen LogP contribution in [-0.2, 0) is 13.0 Å². The van der Waals surface area contributed by atoms with E-state index >= 15 is 0 Å². The van der Waals surface area contributed by atoms with Crippen molar-refractivity contribution in [3.63, 3.8) is 0 Å². The fraction of sp³-hybridized carbons (Fsp3) is 0.267. The topological polar surface area (TPSA) is 83.4 Å². The number of furan rings is 1. The molecule has 4 heterocycles. The van der Waals surface area contributed by atoms with E-state index in [4.69, 9.17) is 9.15 Å². The number of H-pyrrole nitrogens is 1. The van der Waals surface area contributed by atoms with Gasteiger partial charge in [-0.25, -0.2) is 0 Å². The minimum Gasteiger partial charge on any atom is -0.493 e. The van der Waals surface area contributed by atoms with Gasteiger partial charge in [0.25, 0.3) is 5.91 Å². The number of carbonyl (C=O) groups excluding carboxylic acids is 1. The first-order valence-corrected chi connectivity index (χ1v) is 12.9. The van der Waals surface area contributed by atoms with Crippen molar-refractivity contribution in [2.45, 2.75) is 31.8 Å². The first kappa shape index (κ1) is 22.1. The fourth-order valence-electron chi connectivity index (χ4n) is 5.67. The van der Waals surface area contributed by atoms with Gasteiger partial charge in [0.15, 0.2) is 0 Å². The second-order valence-corrected chi connectivity index (χ2v) is 10.1. The molecular weight excluding hydrogens is 464 g/mol. The van der Waals surface area contributed by atoms with Gasteiger partial charge >= 0.3 is 0 Å². The van der Waals surface area contributed by atoms with Gasteiger partial charge in [-0.3, -0.25) is 14.8 Å². The Balaban J connectivity index is 1.06. The highest BCUT2D eigenvalue weighted by Crippen LogP contribution is 2.33. The van der Waals surface area contributed by atoms with Crippen molar-refractivity contribution in [2.24, 2.45) is 0 Å². The predicted octanol–water partition coefficient (Wildman–Crippen LogP) is 5.31. The number of hydrogen-bond acceptors (Lipinski definition) is 5. The van der Waals surface area contributed by atoms with Crippen LogP contribution in [0.15, 0.2) is 71.3 Å². The Morgan fingerprint density at radius 3 is 3.05 bits per heavy atom. The Morgan fingerprint density at radius 2 is 2.08 bits per heavy atom. The monoisotopic (exact) mass is 492 g/mol. The van der Waals surface area contributed by atoms with E-state index in [-0.39, 0.29) is 11.9 Å². The second kappa shape index (κ2) is 9.09. The molecule has 1 fully saturated rings. The maximum atomic E-state index is 13.3. The first-order chi connectivity index (χ1) is 18.2. The number of likely N-dealkylation sites (tertiary alicyclic amines) is 1. The molecule has 3 aromatic carbocycles. The van der Waals surface area contributed by atoms with Gasteiger partial charge in [0, 0.05) is 47.5 Å². The van der Waals surface area contributed by atoms with Crippen LogP contribution in [0.3, 0.4) is 0 Å². The Morgan fingerprint density at radius 1 is 1.11 bits per heavy atom. The number of fused-ring (bicyclic) bond motifs is 3. The standard InChI is InChI=1S/C30H28N4O3/c35-30(31-24-2-1-11-34(18-24)17-19-3-7-27-20(14-19)9-12-36-27)23-4-6-26-25(16-23)29(33-32-26)22-5-8-28-21(15-22)10-13-37-28/h3-9,12,14-16,24H,1-2,10-11,13,17-18H2,(H,31,35)(H,32,33)/t24-/m1/s1. The van der Waals surface area contributed by atoms with Crippen LogP contribution < -0.4 is 10.1 Å². The van der Waals surface area contributed by atoms with Crippen LogP contribution in [0.1, 0.15) is 34.3 Å². The van der Waals surface area contributed by atoms with Crippen molar-refractivity contribution >= 4 is 27.8 Å². The summed E-state index contributed by atoms with van der Waals surface area (Å²) in [5, 5.41) is 13.0. The highest BCUT2D eigenvalue weighted by atomic mass is 16.5. The molecular formula is C30H28N4O3. The molecule has 0 aliphatic carbocycles. The molecule has 0 unspecified atom stereocenters. The average Bonchev–Trinajstić information content (AvgIpc) is 3.67. The van der Waals surface area contributed by atoms with Gasteiger partial charge in [-0.15, -0.1) is 0 Å². The maximum Gasteiger partial charge on any atom is 0.251 e. The van der Waals surface area contributed by atoms with Gasteiger partial charge in [0.05, 0.1) is 24.1 Å². The molecule has 2 aliphatic heterocycles. The second-order valence-electron chi connectivity index (χ2n) is 10.1. The van der Waals surface area contributed by atoms with E-state index in [0.29, 0.717) is 5.56 Å². The average molecular weight is 493 g/mol. The van der Waals surface area contributed by atoms with E-state index in [1.807, 2.05) is 42.5 Å². The number of carbonyl (C=O) groups is 1. The minimum atomic E-state index is -0.0388. The lowest BCUT2D eigenvalue weighted by molar-refractivity contribution is 0.0901.